The summed E-state index contributed by atoms with van der Waals surface area (Å²) in [6.07, 6.45) is 1.77. The topological polar surface area (TPSA) is 148 Å². The highest BCUT2D eigenvalue weighted by Crippen LogP contribution is 2.31. The third kappa shape index (κ3) is 4.69. The lowest BCUT2D eigenvalue weighted by atomic mass is 10.1. The largest absolute Gasteiger partial charge is 0.382 e. The minimum atomic E-state index is -0.535. The highest BCUT2D eigenvalue weighted by atomic mass is 35.5. The number of nitrogen functional groups attached to an aromatic ring is 1. The number of rotatable bonds is 5. The van der Waals surface area contributed by atoms with Gasteiger partial charge in [0.1, 0.15) is 28.3 Å². The van der Waals surface area contributed by atoms with E-state index in [0.717, 1.165) is 0 Å². The number of nitrogens with two attached hydrogens (primary N) is 1. The minimum Gasteiger partial charge on any atom is -0.382 e. The average molecular weight is 474 g/mol. The Morgan fingerprint density at radius 3 is 2.65 bits per heavy atom. The lowest BCUT2D eigenvalue weighted by molar-refractivity contribution is 0.0935. The highest BCUT2D eigenvalue weighted by molar-refractivity contribution is 6.29. The number of carbonyl (C=O) groups excluding carboxylic acids is 1. The van der Waals surface area contributed by atoms with Crippen molar-refractivity contribution in [1.82, 2.24) is 35.0 Å². The zero-order valence-corrected chi connectivity index (χ0v) is 19.4. The van der Waals surface area contributed by atoms with Crippen LogP contribution in [0.25, 0.3) is 22.6 Å². The molecule has 3 N–H and O–H groups in total. The van der Waals surface area contributed by atoms with Crippen molar-refractivity contribution in [3.05, 3.63) is 70.5 Å². The molecule has 34 heavy (non-hydrogen) atoms. The Bertz CT molecular complexity index is 1420. The van der Waals surface area contributed by atoms with Gasteiger partial charge in [0.05, 0.1) is 17.4 Å². The third-order valence-corrected chi connectivity index (χ3v) is 5.16. The second-order valence-corrected chi connectivity index (χ2v) is 7.99. The molecule has 0 bridgehead atoms. The van der Waals surface area contributed by atoms with E-state index in [9.17, 15) is 4.79 Å². The van der Waals surface area contributed by atoms with E-state index in [-0.39, 0.29) is 22.4 Å². The van der Waals surface area contributed by atoms with Gasteiger partial charge in [-0.2, -0.15) is 10.4 Å². The van der Waals surface area contributed by atoms with Gasteiger partial charge < -0.3 is 11.1 Å². The molecule has 0 spiro atoms. The molecule has 4 aromatic heterocycles. The van der Waals surface area contributed by atoms with Gasteiger partial charge in [-0.05, 0) is 44.2 Å². The first-order chi connectivity index (χ1) is 16.2. The summed E-state index contributed by atoms with van der Waals surface area (Å²) in [5.74, 6) is -0.586. The van der Waals surface area contributed by atoms with Crippen LogP contribution < -0.4 is 11.1 Å². The molecule has 0 aliphatic rings. The van der Waals surface area contributed by atoms with Crippen molar-refractivity contribution in [3.8, 4) is 28.7 Å². The predicted molar refractivity (Wildman–Crippen MR) is 126 cm³/mol. The molecule has 0 saturated heterocycles. The summed E-state index contributed by atoms with van der Waals surface area (Å²) in [5.41, 5.74) is 9.54. The van der Waals surface area contributed by atoms with Crippen molar-refractivity contribution < 1.29 is 4.79 Å². The van der Waals surface area contributed by atoms with Crippen LogP contribution in [0.15, 0.2) is 42.6 Å². The van der Waals surface area contributed by atoms with E-state index in [1.165, 1.54) is 0 Å². The molecule has 0 radical (unpaired) electrons. The predicted octanol–water partition coefficient (Wildman–Crippen LogP) is 3.24. The molecule has 0 saturated carbocycles. The summed E-state index contributed by atoms with van der Waals surface area (Å²) in [6, 6.07) is 11.7. The van der Waals surface area contributed by atoms with Crippen molar-refractivity contribution in [3.63, 3.8) is 0 Å². The SMILES string of the molecule is Cc1cc(-c2nc(C(=O)NC(C)c3cccc(C#N)n3)c(N)nc2-c2ccn(C)n2)cc(Cl)n1. The fraction of sp³-hybridized carbons (Fsp3) is 0.174. The summed E-state index contributed by atoms with van der Waals surface area (Å²) >= 11 is 6.18. The number of nitriles is 1. The zero-order chi connectivity index (χ0) is 24.4. The molecule has 1 atom stereocenters. The monoisotopic (exact) mass is 473 g/mol. The van der Waals surface area contributed by atoms with Crippen molar-refractivity contribution >= 4 is 23.3 Å². The van der Waals surface area contributed by atoms with Crippen molar-refractivity contribution in [2.75, 3.05) is 5.73 Å². The number of nitrogens with one attached hydrogen (secondary N) is 1. The maximum Gasteiger partial charge on any atom is 0.274 e. The van der Waals surface area contributed by atoms with Crippen LogP contribution in [-0.2, 0) is 7.05 Å². The number of pyridine rings is 2. The molecule has 0 aromatic carbocycles. The number of halogens is 1. The molecule has 170 valence electrons. The fourth-order valence-electron chi connectivity index (χ4n) is 3.40. The molecule has 0 fully saturated rings. The van der Waals surface area contributed by atoms with Crippen molar-refractivity contribution in [1.29, 1.82) is 5.26 Å². The van der Waals surface area contributed by atoms with E-state index in [4.69, 9.17) is 22.6 Å². The molecule has 10 nitrogen and oxygen atoms in total. The van der Waals surface area contributed by atoms with Gasteiger partial charge in [0, 0.05) is 24.5 Å². The molecule has 4 aromatic rings. The molecular formula is C23H20ClN9O. The normalized spacial score (nSPS) is 11.6. The first-order valence-electron chi connectivity index (χ1n) is 10.2. The number of hydrogen-bond donors (Lipinski definition) is 2. The van der Waals surface area contributed by atoms with Crippen LogP contribution in [0.1, 0.15) is 40.5 Å². The Morgan fingerprint density at radius 2 is 1.97 bits per heavy atom. The maximum atomic E-state index is 13.1. The Kier molecular flexibility index (Phi) is 6.21. The van der Waals surface area contributed by atoms with Gasteiger partial charge in [-0.25, -0.2) is 19.9 Å². The Labute approximate surface area is 200 Å². The number of anilines is 1. The van der Waals surface area contributed by atoms with Crippen LogP contribution in [0.3, 0.4) is 0 Å². The molecule has 4 heterocycles. The third-order valence-electron chi connectivity index (χ3n) is 4.97. The van der Waals surface area contributed by atoms with E-state index in [2.05, 4.69) is 30.4 Å². The summed E-state index contributed by atoms with van der Waals surface area (Å²) in [7, 11) is 1.78. The van der Waals surface area contributed by atoms with Gasteiger partial charge in [0.2, 0.25) is 0 Å². The summed E-state index contributed by atoms with van der Waals surface area (Å²) in [5, 5.41) is 16.6. The zero-order valence-electron chi connectivity index (χ0n) is 18.6. The van der Waals surface area contributed by atoms with Gasteiger partial charge in [-0.1, -0.05) is 17.7 Å². The highest BCUT2D eigenvalue weighted by Gasteiger charge is 2.23. The second-order valence-electron chi connectivity index (χ2n) is 7.60. The molecule has 0 aliphatic carbocycles. The van der Waals surface area contributed by atoms with E-state index >= 15 is 0 Å². The number of amides is 1. The smallest absolute Gasteiger partial charge is 0.274 e. The summed E-state index contributed by atoms with van der Waals surface area (Å²) in [6.45, 7) is 3.55. The molecule has 11 heteroatoms. The first kappa shape index (κ1) is 22.8. The van der Waals surface area contributed by atoms with Crippen LogP contribution in [0, 0.1) is 18.3 Å². The number of carbonyl (C=O) groups is 1. The molecule has 4 rings (SSSR count). The quantitative estimate of drug-likeness (QED) is 0.419. The van der Waals surface area contributed by atoms with Gasteiger partial charge in [0.15, 0.2) is 11.5 Å². The van der Waals surface area contributed by atoms with Crippen molar-refractivity contribution in [2.24, 2.45) is 7.05 Å². The molecular weight excluding hydrogens is 454 g/mol. The second kappa shape index (κ2) is 9.25. The maximum absolute atomic E-state index is 13.1. The molecule has 1 amide bonds. The first-order valence-corrected chi connectivity index (χ1v) is 10.6. The van der Waals surface area contributed by atoms with Crippen LogP contribution in [-0.4, -0.2) is 35.6 Å². The standard InChI is InChI=1S/C23H20ClN9O/c1-12-9-14(10-18(24)27-12)19-20(17-7-8-33(3)32-17)31-22(26)21(30-19)23(34)28-13(2)16-6-4-5-15(11-25)29-16/h4-10,13H,1-3H3,(H2,26,31)(H,28,34). The van der Waals surface area contributed by atoms with Gasteiger partial charge >= 0.3 is 0 Å². The Balaban J connectivity index is 1.77. The Morgan fingerprint density at radius 1 is 1.18 bits per heavy atom. The van der Waals surface area contributed by atoms with E-state index in [1.54, 1.807) is 68.2 Å². The number of hydrogen-bond acceptors (Lipinski definition) is 8. The van der Waals surface area contributed by atoms with Crippen LogP contribution in [0.5, 0.6) is 0 Å². The Hall–Kier alpha value is -4.36. The molecule has 0 aliphatic heterocycles. The van der Waals surface area contributed by atoms with E-state index < -0.39 is 11.9 Å². The minimum absolute atomic E-state index is 0.0512. The summed E-state index contributed by atoms with van der Waals surface area (Å²) < 4.78 is 1.63. The lowest BCUT2D eigenvalue weighted by Crippen LogP contribution is -2.29. The van der Waals surface area contributed by atoms with Crippen LogP contribution >= 0.6 is 11.6 Å². The summed E-state index contributed by atoms with van der Waals surface area (Å²) in [4.78, 5) is 30.6. The van der Waals surface area contributed by atoms with Gasteiger partial charge in [-0.15, -0.1) is 0 Å². The van der Waals surface area contributed by atoms with Gasteiger partial charge in [0.25, 0.3) is 5.91 Å². The fourth-order valence-corrected chi connectivity index (χ4v) is 3.65. The van der Waals surface area contributed by atoms with Crippen LogP contribution in [0.4, 0.5) is 5.82 Å². The molecule has 1 unspecified atom stereocenters. The number of aromatic nitrogens is 6. The number of aryl methyl sites for hydroxylation is 2. The van der Waals surface area contributed by atoms with Gasteiger partial charge in [-0.3, -0.25) is 9.48 Å². The average Bonchev–Trinajstić information content (AvgIpc) is 3.24. The van der Waals surface area contributed by atoms with Crippen LogP contribution in [0.2, 0.25) is 5.15 Å². The van der Waals surface area contributed by atoms with Crippen molar-refractivity contribution in [2.45, 2.75) is 19.9 Å². The number of nitrogens with zero attached hydrogens (tertiary/aromatic N) is 7. The van der Waals surface area contributed by atoms with E-state index in [0.29, 0.717) is 34.0 Å². The lowest BCUT2D eigenvalue weighted by Gasteiger charge is -2.16. The van der Waals surface area contributed by atoms with E-state index in [1.807, 2.05) is 6.07 Å².